The van der Waals surface area contributed by atoms with E-state index in [1.165, 1.54) is 93.5 Å². The Labute approximate surface area is 354 Å². The number of benzene rings is 11. The van der Waals surface area contributed by atoms with Gasteiger partial charge in [-0.15, -0.1) is 0 Å². The first-order valence-electron chi connectivity index (χ1n) is 21.0. The normalized spacial score (nSPS) is 11.6. The Bertz CT molecular complexity index is 3570. The summed E-state index contributed by atoms with van der Waals surface area (Å²) in [5, 5.41) is 9.61. The van der Waals surface area contributed by atoms with Crippen LogP contribution < -0.4 is 0 Å². The number of furan rings is 1. The molecule has 0 aliphatic carbocycles. The molecule has 1 aromatic heterocycles. The number of hydrogen-bond donors (Lipinski definition) is 0. The zero-order chi connectivity index (χ0) is 40.3. The van der Waals surface area contributed by atoms with E-state index in [9.17, 15) is 0 Å². The highest BCUT2D eigenvalue weighted by atomic mass is 16.3. The molecule has 0 spiro atoms. The van der Waals surface area contributed by atoms with Crippen LogP contribution in [-0.4, -0.2) is 0 Å². The van der Waals surface area contributed by atoms with Gasteiger partial charge < -0.3 is 4.42 Å². The van der Waals surface area contributed by atoms with Crippen molar-refractivity contribution in [3.05, 3.63) is 231 Å². The molecule has 0 radical (unpaired) electrons. The monoisotopic (exact) mass is 774 g/mol. The molecule has 0 N–H and O–H groups in total. The van der Waals surface area contributed by atoms with Crippen molar-refractivity contribution in [2.75, 3.05) is 0 Å². The maximum absolute atomic E-state index is 6.35. The third kappa shape index (κ3) is 5.70. The zero-order valence-corrected chi connectivity index (χ0v) is 33.3. The van der Waals surface area contributed by atoms with Crippen LogP contribution in [0.15, 0.2) is 235 Å². The summed E-state index contributed by atoms with van der Waals surface area (Å²) in [6.45, 7) is 0. The molecule has 1 heterocycles. The molecular weight excluding hydrogens is 737 g/mol. The van der Waals surface area contributed by atoms with Crippen LogP contribution in [0.5, 0.6) is 0 Å². The van der Waals surface area contributed by atoms with Crippen LogP contribution in [0.2, 0.25) is 0 Å². The predicted octanol–water partition coefficient (Wildman–Crippen LogP) is 17.0. The molecule has 0 bridgehead atoms. The summed E-state index contributed by atoms with van der Waals surface area (Å²) in [7, 11) is 0. The second-order valence-corrected chi connectivity index (χ2v) is 15.9. The minimum absolute atomic E-state index is 0.892. The van der Waals surface area contributed by atoms with E-state index in [0.717, 1.165) is 27.5 Å². The van der Waals surface area contributed by atoms with Crippen molar-refractivity contribution in [3.63, 3.8) is 0 Å². The first-order chi connectivity index (χ1) is 30.3. The SMILES string of the molecule is c1ccc(-c2ccccc2-c2cccc(-c3ccc4oc5ccccc5c4c3)c2-c2c3ccccc3c(-c3ccc(-c4ccccc4)c4ccccc34)c3ccccc23)cc1. The summed E-state index contributed by atoms with van der Waals surface area (Å²) < 4.78 is 6.35. The molecule has 0 saturated carbocycles. The second-order valence-electron chi connectivity index (χ2n) is 15.9. The van der Waals surface area contributed by atoms with E-state index < -0.39 is 0 Å². The molecule has 0 saturated heterocycles. The second kappa shape index (κ2) is 14.4. The van der Waals surface area contributed by atoms with Gasteiger partial charge >= 0.3 is 0 Å². The van der Waals surface area contributed by atoms with Gasteiger partial charge in [0.2, 0.25) is 0 Å². The Morgan fingerprint density at radius 3 is 1.33 bits per heavy atom. The molecular formula is C60H38O. The summed E-state index contributed by atoms with van der Waals surface area (Å²) in [5.41, 5.74) is 16.3. The lowest BCUT2D eigenvalue weighted by Gasteiger charge is -2.24. The van der Waals surface area contributed by atoms with E-state index in [2.05, 4.69) is 224 Å². The van der Waals surface area contributed by atoms with E-state index in [0.29, 0.717) is 0 Å². The molecule has 0 amide bonds. The summed E-state index contributed by atoms with van der Waals surface area (Å²) in [6, 6.07) is 83.9. The van der Waals surface area contributed by atoms with Crippen molar-refractivity contribution in [1.82, 2.24) is 0 Å². The van der Waals surface area contributed by atoms with Gasteiger partial charge in [0.05, 0.1) is 0 Å². The largest absolute Gasteiger partial charge is 0.456 e. The molecule has 0 unspecified atom stereocenters. The Morgan fingerprint density at radius 2 is 0.656 bits per heavy atom. The number of hydrogen-bond acceptors (Lipinski definition) is 1. The van der Waals surface area contributed by atoms with E-state index in [4.69, 9.17) is 4.42 Å². The quantitative estimate of drug-likeness (QED) is 0.153. The van der Waals surface area contributed by atoms with E-state index in [1.54, 1.807) is 0 Å². The molecule has 0 atom stereocenters. The molecule has 12 rings (SSSR count). The van der Waals surface area contributed by atoms with Gasteiger partial charge in [-0.3, -0.25) is 0 Å². The lowest BCUT2D eigenvalue weighted by atomic mass is 9.79. The molecule has 61 heavy (non-hydrogen) atoms. The van der Waals surface area contributed by atoms with Gasteiger partial charge in [-0.2, -0.15) is 0 Å². The molecule has 1 heteroatoms. The molecule has 0 fully saturated rings. The fourth-order valence-corrected chi connectivity index (χ4v) is 9.84. The molecule has 284 valence electrons. The molecule has 12 aromatic rings. The van der Waals surface area contributed by atoms with Gasteiger partial charge in [-0.25, -0.2) is 0 Å². The van der Waals surface area contributed by atoms with E-state index in [-0.39, 0.29) is 0 Å². The van der Waals surface area contributed by atoms with Crippen molar-refractivity contribution >= 4 is 54.3 Å². The summed E-state index contributed by atoms with van der Waals surface area (Å²) >= 11 is 0. The van der Waals surface area contributed by atoms with Gasteiger partial charge in [0, 0.05) is 10.8 Å². The Morgan fingerprint density at radius 1 is 0.197 bits per heavy atom. The van der Waals surface area contributed by atoms with Gasteiger partial charge in [0.15, 0.2) is 0 Å². The maximum atomic E-state index is 6.35. The topological polar surface area (TPSA) is 13.1 Å². The Kier molecular flexibility index (Phi) is 8.25. The van der Waals surface area contributed by atoms with Gasteiger partial charge in [0.1, 0.15) is 11.2 Å². The lowest BCUT2D eigenvalue weighted by Crippen LogP contribution is -1.96. The highest BCUT2D eigenvalue weighted by Gasteiger charge is 2.24. The van der Waals surface area contributed by atoms with E-state index in [1.807, 2.05) is 6.07 Å². The zero-order valence-electron chi connectivity index (χ0n) is 33.3. The third-order valence-electron chi connectivity index (χ3n) is 12.5. The fraction of sp³-hybridized carbons (Fsp3) is 0. The van der Waals surface area contributed by atoms with Crippen molar-refractivity contribution in [3.8, 4) is 66.8 Å². The minimum Gasteiger partial charge on any atom is -0.456 e. The standard InChI is InChI=1S/C60H38O/c1-3-18-39(19-4-1)42-22-7-8-24-46(42)49-32-17-31-44(41-34-37-57-55(38-41)48-26-15-16-33-56(48)61-57)59(49)60-52-29-13-11-27-50(52)58(51-28-12-14-30-53(51)60)54-36-35-43(40-20-5-2-6-21-40)45-23-9-10-25-47(45)54/h1-38H. The summed E-state index contributed by atoms with van der Waals surface area (Å²) in [5.74, 6) is 0. The van der Waals surface area contributed by atoms with Crippen LogP contribution in [0.1, 0.15) is 0 Å². The summed E-state index contributed by atoms with van der Waals surface area (Å²) in [4.78, 5) is 0. The molecule has 0 aliphatic rings. The molecule has 11 aromatic carbocycles. The highest BCUT2D eigenvalue weighted by molar-refractivity contribution is 6.26. The maximum Gasteiger partial charge on any atom is 0.135 e. The minimum atomic E-state index is 0.892. The highest BCUT2D eigenvalue weighted by Crippen LogP contribution is 2.51. The van der Waals surface area contributed by atoms with Crippen molar-refractivity contribution < 1.29 is 4.42 Å². The van der Waals surface area contributed by atoms with Crippen LogP contribution in [0, 0.1) is 0 Å². The predicted molar refractivity (Wildman–Crippen MR) is 259 cm³/mol. The Hall–Kier alpha value is -8.00. The van der Waals surface area contributed by atoms with Gasteiger partial charge in [0.25, 0.3) is 0 Å². The third-order valence-corrected chi connectivity index (χ3v) is 12.5. The van der Waals surface area contributed by atoms with Gasteiger partial charge in [-0.05, 0) is 117 Å². The van der Waals surface area contributed by atoms with Gasteiger partial charge in [-0.1, -0.05) is 212 Å². The van der Waals surface area contributed by atoms with Crippen LogP contribution >= 0.6 is 0 Å². The van der Waals surface area contributed by atoms with E-state index >= 15 is 0 Å². The summed E-state index contributed by atoms with van der Waals surface area (Å²) in [6.07, 6.45) is 0. The van der Waals surface area contributed by atoms with Crippen LogP contribution in [-0.2, 0) is 0 Å². The average Bonchev–Trinajstić information content (AvgIpc) is 3.71. The number of fused-ring (bicyclic) bond motifs is 6. The van der Waals surface area contributed by atoms with Crippen LogP contribution in [0.3, 0.4) is 0 Å². The first-order valence-corrected chi connectivity index (χ1v) is 21.0. The number of rotatable bonds is 6. The van der Waals surface area contributed by atoms with Crippen LogP contribution in [0.4, 0.5) is 0 Å². The van der Waals surface area contributed by atoms with Crippen molar-refractivity contribution in [1.29, 1.82) is 0 Å². The Balaban J connectivity index is 1.20. The first kappa shape index (κ1) is 35.0. The molecule has 1 nitrogen and oxygen atoms in total. The van der Waals surface area contributed by atoms with Crippen molar-refractivity contribution in [2.45, 2.75) is 0 Å². The molecule has 0 aliphatic heterocycles. The average molecular weight is 775 g/mol. The fourth-order valence-electron chi connectivity index (χ4n) is 9.84. The lowest BCUT2D eigenvalue weighted by molar-refractivity contribution is 0.669. The van der Waals surface area contributed by atoms with Crippen LogP contribution in [0.25, 0.3) is 121 Å². The number of para-hydroxylation sites is 1. The van der Waals surface area contributed by atoms with Crippen molar-refractivity contribution in [2.24, 2.45) is 0 Å². The smallest absolute Gasteiger partial charge is 0.135 e.